The molecule has 0 aromatic carbocycles. The number of urea groups is 1. The Balaban J connectivity index is 1.37. The highest BCUT2D eigenvalue weighted by Crippen LogP contribution is 2.22. The number of H-pyrrole nitrogens is 1. The first-order chi connectivity index (χ1) is 16.8. The molecule has 2 aromatic rings. The van der Waals surface area contributed by atoms with Crippen LogP contribution in [0.2, 0.25) is 0 Å². The van der Waals surface area contributed by atoms with Gasteiger partial charge in [-0.3, -0.25) is 5.10 Å². The second-order valence-electron chi connectivity index (χ2n) is 9.77. The number of aromatic nitrogens is 4. The minimum atomic E-state index is -0.0385. The number of hydrogen-bond donors (Lipinski definition) is 2. The molecule has 2 N–H and O–H groups in total. The highest BCUT2D eigenvalue weighted by atomic mass is 16.2. The molecule has 0 spiro atoms. The molecular weight excluding hydrogens is 444 g/mol. The summed E-state index contributed by atoms with van der Waals surface area (Å²) in [5.74, 6) is 3.24. The number of carbonyl (C=O) groups is 1. The number of carbonyl (C=O) groups excluding carboxylic acids is 1. The summed E-state index contributed by atoms with van der Waals surface area (Å²) < 4.78 is 0. The average Bonchev–Trinajstić information content (AvgIpc) is 3.39. The third kappa shape index (κ3) is 6.47. The molecule has 1 atom stereocenters. The van der Waals surface area contributed by atoms with Crippen LogP contribution >= 0.6 is 0 Å². The number of rotatable bonds is 8. The van der Waals surface area contributed by atoms with Gasteiger partial charge in [0.2, 0.25) is 0 Å². The highest BCUT2D eigenvalue weighted by molar-refractivity contribution is 5.87. The number of hydrogen-bond acceptors (Lipinski definition) is 8. The Morgan fingerprint density at radius 2 is 1.91 bits per heavy atom. The van der Waals surface area contributed by atoms with Gasteiger partial charge >= 0.3 is 6.03 Å². The number of unbranched alkanes of at least 4 members (excludes halogenated alkanes) is 1. The Bertz CT molecular complexity index is 1040. The number of nitrogens with zero attached hydrogens (tertiary/aromatic N) is 8. The third-order valence-electron chi connectivity index (χ3n) is 6.50. The Labute approximate surface area is 207 Å². The van der Waals surface area contributed by atoms with Gasteiger partial charge in [-0.15, -0.1) is 0 Å². The standard InChI is InChI=1S/C24H38N10O/c1-17-15-22(29-28-17)26-21-16-23(33-12-10-31(4)11-13-33)27-20(25-21)8-6-7-9-32(5)24(35)34-19(3)14-18(2)30-34/h15-16,19H,6-14H2,1-5H3,(H2,25,26,27,28,29). The zero-order chi connectivity index (χ0) is 24.9. The first kappa shape index (κ1) is 24.9. The molecule has 2 aliphatic heterocycles. The van der Waals surface area contributed by atoms with Crippen molar-refractivity contribution < 1.29 is 4.79 Å². The summed E-state index contributed by atoms with van der Waals surface area (Å²) >= 11 is 0. The molecule has 2 aromatic heterocycles. The van der Waals surface area contributed by atoms with Gasteiger partial charge < -0.3 is 20.0 Å². The Morgan fingerprint density at radius 1 is 1.14 bits per heavy atom. The molecule has 35 heavy (non-hydrogen) atoms. The summed E-state index contributed by atoms with van der Waals surface area (Å²) in [4.78, 5) is 28.8. The maximum absolute atomic E-state index is 12.7. The van der Waals surface area contributed by atoms with Gasteiger partial charge in [0.15, 0.2) is 5.82 Å². The van der Waals surface area contributed by atoms with Gasteiger partial charge in [-0.2, -0.15) is 10.2 Å². The van der Waals surface area contributed by atoms with E-state index in [0.29, 0.717) is 6.54 Å². The van der Waals surface area contributed by atoms with Crippen molar-refractivity contribution in [1.29, 1.82) is 0 Å². The van der Waals surface area contributed by atoms with Crippen LogP contribution in [0.1, 0.15) is 44.6 Å². The molecule has 1 unspecified atom stereocenters. The van der Waals surface area contributed by atoms with Crippen LogP contribution in [0, 0.1) is 6.92 Å². The molecule has 0 saturated carbocycles. The van der Waals surface area contributed by atoms with Crippen molar-refractivity contribution in [2.24, 2.45) is 5.10 Å². The SMILES string of the molecule is CC1=NN(C(=O)N(C)CCCCc2nc(Nc3cc(C)[nH]n3)cc(N3CCN(C)CC3)n2)C(C)C1. The van der Waals surface area contributed by atoms with E-state index in [4.69, 9.17) is 9.97 Å². The first-order valence-electron chi connectivity index (χ1n) is 12.5. The molecule has 1 saturated heterocycles. The monoisotopic (exact) mass is 482 g/mol. The quantitative estimate of drug-likeness (QED) is 0.557. The fraction of sp³-hybridized carbons (Fsp3) is 0.625. The largest absolute Gasteiger partial charge is 0.354 e. The maximum Gasteiger partial charge on any atom is 0.340 e. The molecule has 11 heteroatoms. The Kier molecular flexibility index (Phi) is 7.84. The van der Waals surface area contributed by atoms with Gasteiger partial charge in [-0.25, -0.2) is 19.8 Å². The van der Waals surface area contributed by atoms with Crippen molar-refractivity contribution in [3.05, 3.63) is 23.7 Å². The molecule has 2 amide bonds. The summed E-state index contributed by atoms with van der Waals surface area (Å²) in [6.45, 7) is 10.6. The van der Waals surface area contributed by atoms with Gasteiger partial charge in [-0.1, -0.05) is 0 Å². The molecule has 4 heterocycles. The van der Waals surface area contributed by atoms with Crippen LogP contribution in [0.5, 0.6) is 0 Å². The summed E-state index contributed by atoms with van der Waals surface area (Å²) in [6, 6.07) is 4.05. The summed E-state index contributed by atoms with van der Waals surface area (Å²) in [7, 11) is 3.99. The second kappa shape index (κ2) is 11.0. The number of aromatic amines is 1. The number of aryl methyl sites for hydroxylation is 2. The van der Waals surface area contributed by atoms with Crippen LogP contribution in [-0.4, -0.2) is 99.6 Å². The molecule has 0 radical (unpaired) electrons. The van der Waals surface area contributed by atoms with Gasteiger partial charge in [0.25, 0.3) is 0 Å². The second-order valence-corrected chi connectivity index (χ2v) is 9.77. The van der Waals surface area contributed by atoms with E-state index in [1.165, 1.54) is 0 Å². The predicted molar refractivity (Wildman–Crippen MR) is 138 cm³/mol. The fourth-order valence-electron chi connectivity index (χ4n) is 4.44. The fourth-order valence-corrected chi connectivity index (χ4v) is 4.44. The molecule has 4 rings (SSSR count). The zero-order valence-corrected chi connectivity index (χ0v) is 21.6. The van der Waals surface area contributed by atoms with Crippen LogP contribution in [0.3, 0.4) is 0 Å². The van der Waals surface area contributed by atoms with Gasteiger partial charge in [0.1, 0.15) is 17.5 Å². The number of anilines is 3. The lowest BCUT2D eigenvalue weighted by atomic mass is 10.2. The van der Waals surface area contributed by atoms with E-state index in [9.17, 15) is 4.79 Å². The summed E-state index contributed by atoms with van der Waals surface area (Å²) in [5.41, 5.74) is 2.00. The molecular formula is C24H38N10O. The lowest BCUT2D eigenvalue weighted by molar-refractivity contribution is 0.154. The van der Waals surface area contributed by atoms with Crippen LogP contribution in [0.4, 0.5) is 22.2 Å². The zero-order valence-electron chi connectivity index (χ0n) is 21.6. The van der Waals surface area contributed by atoms with Crippen LogP contribution in [0.15, 0.2) is 17.2 Å². The molecule has 11 nitrogen and oxygen atoms in total. The first-order valence-corrected chi connectivity index (χ1v) is 12.5. The molecule has 0 aliphatic carbocycles. The highest BCUT2D eigenvalue weighted by Gasteiger charge is 2.28. The number of nitrogens with one attached hydrogen (secondary N) is 2. The normalized spacial score (nSPS) is 18.7. The third-order valence-corrected chi connectivity index (χ3v) is 6.50. The Morgan fingerprint density at radius 3 is 2.57 bits per heavy atom. The van der Waals surface area contributed by atoms with Gasteiger partial charge in [-0.05, 0) is 40.7 Å². The topological polar surface area (TPSA) is 109 Å². The molecule has 2 aliphatic rings. The van der Waals surface area contributed by atoms with Crippen LogP contribution < -0.4 is 10.2 Å². The van der Waals surface area contributed by atoms with E-state index in [1.807, 2.05) is 40.0 Å². The maximum atomic E-state index is 12.7. The predicted octanol–water partition coefficient (Wildman–Crippen LogP) is 2.85. The minimum Gasteiger partial charge on any atom is -0.354 e. The van der Waals surface area contributed by atoms with E-state index >= 15 is 0 Å². The van der Waals surface area contributed by atoms with Crippen molar-refractivity contribution >= 4 is 29.2 Å². The number of piperazine rings is 1. The van der Waals surface area contributed by atoms with Crippen molar-refractivity contribution in [3.63, 3.8) is 0 Å². The minimum absolute atomic E-state index is 0.0385. The van der Waals surface area contributed by atoms with Crippen molar-refractivity contribution in [3.8, 4) is 0 Å². The molecule has 190 valence electrons. The van der Waals surface area contributed by atoms with E-state index in [0.717, 1.165) is 86.5 Å². The van der Waals surface area contributed by atoms with E-state index in [2.05, 4.69) is 37.5 Å². The smallest absolute Gasteiger partial charge is 0.340 e. The number of likely N-dealkylation sites (N-methyl/N-ethyl adjacent to an activating group) is 1. The number of amides is 2. The van der Waals surface area contributed by atoms with E-state index in [-0.39, 0.29) is 12.1 Å². The average molecular weight is 483 g/mol. The molecule has 1 fully saturated rings. The summed E-state index contributed by atoms with van der Waals surface area (Å²) in [6.07, 6.45) is 3.35. The Hall–Kier alpha value is -3.21. The van der Waals surface area contributed by atoms with E-state index in [1.54, 1.807) is 9.91 Å². The van der Waals surface area contributed by atoms with Crippen molar-refractivity contribution in [2.45, 2.75) is 52.5 Å². The van der Waals surface area contributed by atoms with Crippen molar-refractivity contribution in [2.75, 3.05) is 57.0 Å². The van der Waals surface area contributed by atoms with Crippen LogP contribution in [-0.2, 0) is 6.42 Å². The van der Waals surface area contributed by atoms with Crippen molar-refractivity contribution in [1.82, 2.24) is 35.0 Å². The summed E-state index contributed by atoms with van der Waals surface area (Å²) in [5, 5.41) is 16.5. The van der Waals surface area contributed by atoms with Gasteiger partial charge in [0.05, 0.1) is 6.04 Å². The molecule has 0 bridgehead atoms. The van der Waals surface area contributed by atoms with Gasteiger partial charge in [0, 0.05) is 76.2 Å². The lowest BCUT2D eigenvalue weighted by Gasteiger charge is -2.33. The number of hydrazone groups is 1. The van der Waals surface area contributed by atoms with Crippen LogP contribution in [0.25, 0.3) is 0 Å². The lowest BCUT2D eigenvalue weighted by Crippen LogP contribution is -2.44. The van der Waals surface area contributed by atoms with E-state index < -0.39 is 0 Å².